The van der Waals surface area contributed by atoms with Crippen LogP contribution in [0.4, 0.5) is 0 Å². The lowest BCUT2D eigenvalue weighted by Crippen LogP contribution is -2.29. The van der Waals surface area contributed by atoms with Gasteiger partial charge in [0.15, 0.2) is 15.3 Å². The summed E-state index contributed by atoms with van der Waals surface area (Å²) in [4.78, 5) is 25.2. The summed E-state index contributed by atoms with van der Waals surface area (Å²) in [5, 5.41) is 11.6. The molecular formula is C23H21N3O4S. The Bertz CT molecular complexity index is 1320. The number of pyridine rings is 1. The SMILES string of the molecule is Cc1cc(=O)c(C(=O)NCc2ccc(S(C)(=O)=O)cc2)cn1Cc1ccc(C#N)cc1. The molecule has 0 aliphatic carbocycles. The molecule has 0 atom stereocenters. The number of sulfone groups is 1. The number of hydrogen-bond acceptors (Lipinski definition) is 5. The van der Waals surface area contributed by atoms with Crippen molar-refractivity contribution in [2.24, 2.45) is 0 Å². The first-order valence-electron chi connectivity index (χ1n) is 9.45. The summed E-state index contributed by atoms with van der Waals surface area (Å²) in [5.41, 5.74) is 2.56. The van der Waals surface area contributed by atoms with Crippen molar-refractivity contribution in [3.05, 3.63) is 99.0 Å². The first-order chi connectivity index (χ1) is 14.7. The normalized spacial score (nSPS) is 11.0. The van der Waals surface area contributed by atoms with Crippen LogP contribution in [0.5, 0.6) is 0 Å². The molecule has 0 saturated heterocycles. The van der Waals surface area contributed by atoms with Crippen LogP contribution >= 0.6 is 0 Å². The topological polar surface area (TPSA) is 109 Å². The third-order valence-electron chi connectivity index (χ3n) is 4.83. The predicted molar refractivity (Wildman–Crippen MR) is 116 cm³/mol. The van der Waals surface area contributed by atoms with Gasteiger partial charge in [-0.3, -0.25) is 9.59 Å². The summed E-state index contributed by atoms with van der Waals surface area (Å²) in [6.07, 6.45) is 2.65. The molecule has 3 rings (SSSR count). The van der Waals surface area contributed by atoms with E-state index in [9.17, 15) is 18.0 Å². The Morgan fingerprint density at radius 1 is 1.06 bits per heavy atom. The molecule has 2 aromatic carbocycles. The molecule has 31 heavy (non-hydrogen) atoms. The van der Waals surface area contributed by atoms with Crippen LogP contribution in [-0.4, -0.2) is 25.1 Å². The van der Waals surface area contributed by atoms with E-state index in [1.165, 1.54) is 24.4 Å². The highest BCUT2D eigenvalue weighted by Gasteiger charge is 2.13. The number of carbonyl (C=O) groups excluding carboxylic acids is 1. The lowest BCUT2D eigenvalue weighted by atomic mass is 10.1. The van der Waals surface area contributed by atoms with Crippen molar-refractivity contribution in [3.8, 4) is 6.07 Å². The van der Waals surface area contributed by atoms with E-state index in [1.54, 1.807) is 35.8 Å². The second kappa shape index (κ2) is 8.98. The number of nitrogens with one attached hydrogen (secondary N) is 1. The fourth-order valence-corrected chi connectivity index (χ4v) is 3.66. The van der Waals surface area contributed by atoms with Gasteiger partial charge in [0.2, 0.25) is 0 Å². The predicted octanol–water partition coefficient (Wildman–Crippen LogP) is 2.41. The van der Waals surface area contributed by atoms with Crippen LogP contribution in [0.2, 0.25) is 0 Å². The molecule has 0 aliphatic rings. The summed E-state index contributed by atoms with van der Waals surface area (Å²) in [6, 6.07) is 16.8. The molecular weight excluding hydrogens is 414 g/mol. The van der Waals surface area contributed by atoms with Gasteiger partial charge in [-0.25, -0.2) is 8.42 Å². The molecule has 0 radical (unpaired) electrons. The van der Waals surface area contributed by atoms with Crippen molar-refractivity contribution in [3.63, 3.8) is 0 Å². The number of hydrogen-bond donors (Lipinski definition) is 1. The first-order valence-corrected chi connectivity index (χ1v) is 11.3. The van der Waals surface area contributed by atoms with Crippen molar-refractivity contribution in [1.82, 2.24) is 9.88 Å². The Balaban J connectivity index is 1.75. The van der Waals surface area contributed by atoms with Crippen LogP contribution in [0.15, 0.2) is 70.5 Å². The summed E-state index contributed by atoms with van der Waals surface area (Å²) >= 11 is 0. The summed E-state index contributed by atoms with van der Waals surface area (Å²) in [5.74, 6) is -0.509. The number of nitrogens with zero attached hydrogens (tertiary/aromatic N) is 2. The minimum atomic E-state index is -3.29. The van der Waals surface area contributed by atoms with E-state index < -0.39 is 15.7 Å². The van der Waals surface area contributed by atoms with Crippen LogP contribution < -0.4 is 10.7 Å². The molecule has 0 saturated carbocycles. The molecule has 7 nitrogen and oxygen atoms in total. The van der Waals surface area contributed by atoms with Crippen molar-refractivity contribution < 1.29 is 13.2 Å². The maximum atomic E-state index is 12.6. The maximum absolute atomic E-state index is 12.6. The zero-order valence-electron chi connectivity index (χ0n) is 17.1. The van der Waals surface area contributed by atoms with Crippen molar-refractivity contribution in [2.75, 3.05) is 6.26 Å². The fourth-order valence-electron chi connectivity index (χ4n) is 3.03. The monoisotopic (exact) mass is 435 g/mol. The number of amides is 1. The van der Waals surface area contributed by atoms with Gasteiger partial charge in [-0.05, 0) is 42.3 Å². The Morgan fingerprint density at radius 2 is 1.68 bits per heavy atom. The highest BCUT2D eigenvalue weighted by Crippen LogP contribution is 2.11. The Morgan fingerprint density at radius 3 is 2.26 bits per heavy atom. The molecule has 0 fully saturated rings. The maximum Gasteiger partial charge on any atom is 0.257 e. The fraction of sp³-hybridized carbons (Fsp3) is 0.174. The molecule has 1 aromatic heterocycles. The van der Waals surface area contributed by atoms with Crippen LogP contribution in [0.25, 0.3) is 0 Å². The molecule has 1 heterocycles. The molecule has 1 N–H and O–H groups in total. The third kappa shape index (κ3) is 5.47. The summed E-state index contributed by atoms with van der Waals surface area (Å²) in [6.45, 7) is 2.40. The van der Waals surface area contributed by atoms with Crippen molar-refractivity contribution >= 4 is 15.7 Å². The van der Waals surface area contributed by atoms with E-state index in [4.69, 9.17) is 5.26 Å². The highest BCUT2D eigenvalue weighted by molar-refractivity contribution is 7.90. The molecule has 1 amide bonds. The molecule has 0 bridgehead atoms. The van der Waals surface area contributed by atoms with E-state index in [2.05, 4.69) is 11.4 Å². The van der Waals surface area contributed by atoms with Gasteiger partial charge >= 0.3 is 0 Å². The number of nitriles is 1. The smallest absolute Gasteiger partial charge is 0.257 e. The van der Waals surface area contributed by atoms with Gasteiger partial charge in [-0.1, -0.05) is 24.3 Å². The average Bonchev–Trinajstić information content (AvgIpc) is 2.74. The van der Waals surface area contributed by atoms with Crippen molar-refractivity contribution in [1.29, 1.82) is 5.26 Å². The number of aromatic nitrogens is 1. The standard InChI is InChI=1S/C23H21N3O4S/c1-16-11-22(27)21(15-26(16)14-19-5-3-17(12-24)4-6-19)23(28)25-13-18-7-9-20(10-8-18)31(2,29)30/h3-11,15H,13-14H2,1-2H3,(H,25,28). The van der Waals surface area contributed by atoms with E-state index in [0.29, 0.717) is 23.4 Å². The largest absolute Gasteiger partial charge is 0.348 e. The average molecular weight is 436 g/mol. The molecule has 0 aliphatic heterocycles. The Labute approximate surface area is 180 Å². The van der Waals surface area contributed by atoms with Gasteiger partial charge in [-0.2, -0.15) is 5.26 Å². The van der Waals surface area contributed by atoms with Crippen LogP contribution in [-0.2, 0) is 22.9 Å². The second-order valence-corrected chi connectivity index (χ2v) is 9.24. The molecule has 8 heteroatoms. The molecule has 158 valence electrons. The summed E-state index contributed by atoms with van der Waals surface area (Å²) < 4.78 is 24.9. The number of benzene rings is 2. The zero-order valence-corrected chi connectivity index (χ0v) is 17.9. The molecule has 0 unspecified atom stereocenters. The highest BCUT2D eigenvalue weighted by atomic mass is 32.2. The Hall–Kier alpha value is -3.70. The van der Waals surface area contributed by atoms with E-state index >= 15 is 0 Å². The van der Waals surface area contributed by atoms with Gasteiger partial charge in [0.25, 0.3) is 5.91 Å². The molecule has 0 spiro atoms. The van der Waals surface area contributed by atoms with Gasteiger partial charge in [-0.15, -0.1) is 0 Å². The van der Waals surface area contributed by atoms with E-state index in [-0.39, 0.29) is 22.4 Å². The number of rotatable bonds is 6. The van der Waals surface area contributed by atoms with Gasteiger partial charge in [0.05, 0.1) is 16.5 Å². The quantitative estimate of drug-likeness (QED) is 0.640. The van der Waals surface area contributed by atoms with Crippen LogP contribution in [0.1, 0.15) is 32.7 Å². The third-order valence-corrected chi connectivity index (χ3v) is 5.96. The summed E-state index contributed by atoms with van der Waals surface area (Å²) in [7, 11) is -3.29. The molecule has 3 aromatic rings. The van der Waals surface area contributed by atoms with Crippen molar-refractivity contribution in [2.45, 2.75) is 24.9 Å². The first kappa shape index (κ1) is 22.0. The Kier molecular flexibility index (Phi) is 6.37. The zero-order chi connectivity index (χ0) is 22.6. The lowest BCUT2D eigenvalue weighted by Gasteiger charge is -2.13. The van der Waals surface area contributed by atoms with E-state index in [0.717, 1.165) is 11.8 Å². The number of carbonyl (C=O) groups is 1. The van der Waals surface area contributed by atoms with Gasteiger partial charge in [0.1, 0.15) is 5.56 Å². The van der Waals surface area contributed by atoms with Gasteiger partial charge < -0.3 is 9.88 Å². The lowest BCUT2D eigenvalue weighted by molar-refractivity contribution is 0.0949. The minimum absolute atomic E-state index is 0.0204. The number of aryl methyl sites for hydroxylation is 1. The van der Waals surface area contributed by atoms with Gasteiger partial charge in [0, 0.05) is 37.3 Å². The van der Waals surface area contributed by atoms with E-state index in [1.807, 2.05) is 12.1 Å². The van der Waals surface area contributed by atoms with Crippen LogP contribution in [0.3, 0.4) is 0 Å². The van der Waals surface area contributed by atoms with Crippen LogP contribution in [0, 0.1) is 18.3 Å². The minimum Gasteiger partial charge on any atom is -0.348 e. The second-order valence-electron chi connectivity index (χ2n) is 7.23.